The summed E-state index contributed by atoms with van der Waals surface area (Å²) >= 11 is 0. The molecule has 0 amide bonds. The molecule has 1 saturated heterocycles. The van der Waals surface area contributed by atoms with Gasteiger partial charge < -0.3 is 14.6 Å². The van der Waals surface area contributed by atoms with Crippen molar-refractivity contribution in [3.63, 3.8) is 0 Å². The molecular formula is C27H32FN7O2. The van der Waals surface area contributed by atoms with Crippen LogP contribution in [0.15, 0.2) is 53.3 Å². The van der Waals surface area contributed by atoms with Crippen molar-refractivity contribution in [1.29, 1.82) is 0 Å². The van der Waals surface area contributed by atoms with Crippen LogP contribution in [-0.4, -0.2) is 63.4 Å². The van der Waals surface area contributed by atoms with E-state index in [9.17, 15) is 9.18 Å². The lowest BCUT2D eigenvalue weighted by Gasteiger charge is -2.40. The molecule has 1 fully saturated rings. The average Bonchev–Trinajstić information content (AvgIpc) is 3.40. The molecule has 5 rings (SSSR count). The predicted octanol–water partition coefficient (Wildman–Crippen LogP) is 3.72. The van der Waals surface area contributed by atoms with E-state index in [0.717, 1.165) is 30.6 Å². The highest BCUT2D eigenvalue weighted by Gasteiger charge is 2.35. The Kier molecular flexibility index (Phi) is 6.68. The third-order valence-corrected chi connectivity index (χ3v) is 7.42. The molecule has 1 atom stereocenters. The second-order valence-corrected chi connectivity index (χ2v) is 10.0. The number of halogens is 1. The first-order valence-corrected chi connectivity index (χ1v) is 12.5. The third kappa shape index (κ3) is 4.81. The first-order chi connectivity index (χ1) is 17.8. The van der Waals surface area contributed by atoms with Crippen LogP contribution in [0.1, 0.15) is 44.6 Å². The van der Waals surface area contributed by atoms with Crippen LogP contribution in [0.2, 0.25) is 0 Å². The minimum absolute atomic E-state index is 0.185. The zero-order chi connectivity index (χ0) is 26.2. The van der Waals surface area contributed by atoms with Gasteiger partial charge in [-0.3, -0.25) is 9.69 Å². The summed E-state index contributed by atoms with van der Waals surface area (Å²) in [6, 6.07) is 13.7. The molecule has 9 nitrogen and oxygen atoms in total. The third-order valence-electron chi connectivity index (χ3n) is 7.42. The lowest BCUT2D eigenvalue weighted by molar-refractivity contribution is 0.186. The summed E-state index contributed by atoms with van der Waals surface area (Å²) < 4.78 is 20.6. The number of hydrogen-bond donors (Lipinski definition) is 1. The van der Waals surface area contributed by atoms with Crippen LogP contribution >= 0.6 is 0 Å². The van der Waals surface area contributed by atoms with Crippen LogP contribution in [0, 0.1) is 5.82 Å². The first-order valence-electron chi connectivity index (χ1n) is 12.5. The quantitative estimate of drug-likeness (QED) is 0.409. The molecule has 1 aliphatic heterocycles. The smallest absolute Gasteiger partial charge is 0.253 e. The molecule has 2 aromatic carbocycles. The molecule has 0 aliphatic carbocycles. The van der Waals surface area contributed by atoms with Gasteiger partial charge in [0, 0.05) is 43.5 Å². The number of fused-ring (bicyclic) bond motifs is 1. The largest absolute Gasteiger partial charge is 0.497 e. The minimum atomic E-state index is -0.438. The van der Waals surface area contributed by atoms with Crippen LogP contribution in [0.4, 0.5) is 10.1 Å². The van der Waals surface area contributed by atoms with Crippen LogP contribution in [-0.2, 0) is 5.54 Å². The van der Waals surface area contributed by atoms with Crippen molar-refractivity contribution in [3.8, 4) is 5.75 Å². The number of aromatic amines is 1. The number of rotatable bonds is 7. The van der Waals surface area contributed by atoms with E-state index in [1.165, 1.54) is 12.1 Å². The minimum Gasteiger partial charge on any atom is -0.497 e. The number of nitrogens with zero attached hydrogens (tertiary/aromatic N) is 6. The standard InChI is InChI=1S/C27H32FN7O2/c1-5-27(2,3)35-25(30-31-32-35)24(22-16-18-6-11-21(37-4)17-23(18)29-26(22)36)34-14-12-33(13-15-34)20-9-7-19(28)8-10-20/h6-11,16-17,24H,5,12-15H2,1-4H3,(H,29,36). The van der Waals surface area contributed by atoms with E-state index in [0.29, 0.717) is 35.7 Å². The van der Waals surface area contributed by atoms with E-state index in [-0.39, 0.29) is 16.9 Å². The molecule has 3 heterocycles. The van der Waals surface area contributed by atoms with Gasteiger partial charge in [0.05, 0.1) is 18.2 Å². The van der Waals surface area contributed by atoms with Gasteiger partial charge in [0.15, 0.2) is 5.82 Å². The number of ether oxygens (including phenoxy) is 1. The van der Waals surface area contributed by atoms with Gasteiger partial charge in [-0.25, -0.2) is 9.07 Å². The molecule has 10 heteroatoms. The van der Waals surface area contributed by atoms with E-state index < -0.39 is 6.04 Å². The molecule has 0 saturated carbocycles. The number of methoxy groups -OCH3 is 1. The predicted molar refractivity (Wildman–Crippen MR) is 141 cm³/mol. The van der Waals surface area contributed by atoms with E-state index in [1.54, 1.807) is 19.2 Å². The summed E-state index contributed by atoms with van der Waals surface area (Å²) in [6.45, 7) is 9.09. The number of pyridine rings is 1. The Labute approximate surface area is 214 Å². The Hall–Kier alpha value is -3.79. The molecule has 4 aromatic rings. The van der Waals surface area contributed by atoms with Gasteiger partial charge in [0.25, 0.3) is 5.56 Å². The number of benzene rings is 2. The second kappa shape index (κ2) is 9.93. The monoisotopic (exact) mass is 505 g/mol. The molecule has 0 spiro atoms. The summed E-state index contributed by atoms with van der Waals surface area (Å²) in [5.41, 5.74) is 1.77. The van der Waals surface area contributed by atoms with Crippen molar-refractivity contribution >= 4 is 16.6 Å². The molecule has 1 aliphatic rings. The van der Waals surface area contributed by atoms with E-state index in [1.807, 2.05) is 28.9 Å². The van der Waals surface area contributed by atoms with Gasteiger partial charge in [-0.1, -0.05) is 6.92 Å². The van der Waals surface area contributed by atoms with Crippen LogP contribution in [0.25, 0.3) is 10.9 Å². The summed E-state index contributed by atoms with van der Waals surface area (Å²) in [5.74, 6) is 1.07. The highest BCUT2D eigenvalue weighted by molar-refractivity contribution is 5.80. The zero-order valence-corrected chi connectivity index (χ0v) is 21.6. The number of H-pyrrole nitrogens is 1. The number of aromatic nitrogens is 5. The van der Waals surface area contributed by atoms with Crippen molar-refractivity contribution in [1.82, 2.24) is 30.1 Å². The maximum atomic E-state index is 13.5. The summed E-state index contributed by atoms with van der Waals surface area (Å²) in [5, 5.41) is 13.7. The highest BCUT2D eigenvalue weighted by atomic mass is 19.1. The Morgan fingerprint density at radius 2 is 1.81 bits per heavy atom. The Morgan fingerprint density at radius 3 is 2.49 bits per heavy atom. The van der Waals surface area contributed by atoms with Crippen molar-refractivity contribution in [3.05, 3.63) is 76.1 Å². The fourth-order valence-electron chi connectivity index (χ4n) is 4.86. The van der Waals surface area contributed by atoms with Crippen molar-refractivity contribution in [2.75, 3.05) is 38.2 Å². The van der Waals surface area contributed by atoms with E-state index in [4.69, 9.17) is 4.74 Å². The highest BCUT2D eigenvalue weighted by Crippen LogP contribution is 2.32. The van der Waals surface area contributed by atoms with Crippen molar-refractivity contribution in [2.45, 2.75) is 38.8 Å². The zero-order valence-electron chi connectivity index (χ0n) is 21.6. The fraction of sp³-hybridized carbons (Fsp3) is 0.407. The summed E-state index contributed by atoms with van der Waals surface area (Å²) in [4.78, 5) is 21.0. The van der Waals surface area contributed by atoms with Gasteiger partial charge in [0.2, 0.25) is 0 Å². The average molecular weight is 506 g/mol. The second-order valence-electron chi connectivity index (χ2n) is 10.0. The number of anilines is 1. The van der Waals surface area contributed by atoms with Gasteiger partial charge >= 0.3 is 0 Å². The van der Waals surface area contributed by atoms with E-state index >= 15 is 0 Å². The van der Waals surface area contributed by atoms with Crippen molar-refractivity contribution in [2.24, 2.45) is 0 Å². The lowest BCUT2D eigenvalue weighted by atomic mass is 9.99. The summed E-state index contributed by atoms with van der Waals surface area (Å²) in [7, 11) is 1.60. The molecule has 37 heavy (non-hydrogen) atoms. The molecule has 1 unspecified atom stereocenters. The Morgan fingerprint density at radius 1 is 1.08 bits per heavy atom. The number of piperazine rings is 1. The van der Waals surface area contributed by atoms with Crippen LogP contribution < -0.4 is 15.2 Å². The topological polar surface area (TPSA) is 92.2 Å². The molecule has 2 aromatic heterocycles. The summed E-state index contributed by atoms with van der Waals surface area (Å²) in [6.07, 6.45) is 0.823. The number of nitrogens with one attached hydrogen (secondary N) is 1. The molecule has 0 bridgehead atoms. The van der Waals surface area contributed by atoms with Gasteiger partial charge in [0.1, 0.15) is 17.6 Å². The van der Waals surface area contributed by atoms with Gasteiger partial charge in [-0.15, -0.1) is 5.10 Å². The number of hydrogen-bond acceptors (Lipinski definition) is 7. The van der Waals surface area contributed by atoms with Crippen LogP contribution in [0.3, 0.4) is 0 Å². The first kappa shape index (κ1) is 24.9. The maximum absolute atomic E-state index is 13.5. The van der Waals surface area contributed by atoms with Crippen molar-refractivity contribution < 1.29 is 9.13 Å². The number of tetrazole rings is 1. The Bertz CT molecular complexity index is 1440. The Balaban J connectivity index is 1.55. The molecular weight excluding hydrogens is 473 g/mol. The van der Waals surface area contributed by atoms with Crippen LogP contribution in [0.5, 0.6) is 5.75 Å². The lowest BCUT2D eigenvalue weighted by Crippen LogP contribution is -2.49. The SMILES string of the molecule is CCC(C)(C)n1nnnc1C(c1cc2ccc(OC)cc2[nH]c1=O)N1CCN(c2ccc(F)cc2)CC1. The van der Waals surface area contributed by atoms with E-state index in [2.05, 4.69) is 51.1 Å². The van der Waals surface area contributed by atoms with Gasteiger partial charge in [-0.05, 0) is 78.5 Å². The maximum Gasteiger partial charge on any atom is 0.253 e. The van der Waals surface area contributed by atoms with Gasteiger partial charge in [-0.2, -0.15) is 0 Å². The fourth-order valence-corrected chi connectivity index (χ4v) is 4.86. The molecule has 1 N–H and O–H groups in total. The molecule has 194 valence electrons. The normalized spacial score (nSPS) is 15.8. The molecule has 0 radical (unpaired) electrons.